The number of hydrogen-bond acceptors (Lipinski definition) is 3. The van der Waals surface area contributed by atoms with Gasteiger partial charge in [0.15, 0.2) is 11.8 Å². The van der Waals surface area contributed by atoms with Crippen LogP contribution in [0.3, 0.4) is 0 Å². The number of pyridine rings is 1. The Labute approximate surface area is 198 Å². The summed E-state index contributed by atoms with van der Waals surface area (Å²) in [5.74, 6) is 1.07. The molecule has 0 radical (unpaired) electrons. The van der Waals surface area contributed by atoms with Crippen molar-refractivity contribution in [3.63, 3.8) is 0 Å². The van der Waals surface area contributed by atoms with E-state index in [9.17, 15) is 4.39 Å². The summed E-state index contributed by atoms with van der Waals surface area (Å²) in [6.45, 7) is 5.25. The third kappa shape index (κ3) is 6.15. The van der Waals surface area contributed by atoms with Crippen LogP contribution in [0.2, 0.25) is 5.02 Å². The van der Waals surface area contributed by atoms with Crippen molar-refractivity contribution in [1.29, 1.82) is 0 Å². The van der Waals surface area contributed by atoms with Crippen LogP contribution < -0.4 is 10.6 Å². The molecule has 30 heavy (non-hydrogen) atoms. The average Bonchev–Trinajstić information content (AvgIpc) is 3.23. The van der Waals surface area contributed by atoms with Gasteiger partial charge in [-0.1, -0.05) is 31.5 Å². The maximum absolute atomic E-state index is 13.3. The Morgan fingerprint density at radius 3 is 2.67 bits per heavy atom. The third-order valence-corrected chi connectivity index (χ3v) is 4.90. The number of hydrogen-bond donors (Lipinski definition) is 2. The molecular formula is C21H25ClFIN6. The Hall–Kier alpha value is -2.20. The number of guanidine groups is 1. The number of halogens is 3. The molecule has 2 N–H and O–H groups in total. The lowest BCUT2D eigenvalue weighted by atomic mass is 9.84. The van der Waals surface area contributed by atoms with Crippen LogP contribution in [0.25, 0.3) is 5.82 Å². The molecule has 6 nitrogen and oxygen atoms in total. The fourth-order valence-corrected chi connectivity index (χ4v) is 3.37. The van der Waals surface area contributed by atoms with Crippen LogP contribution >= 0.6 is 35.6 Å². The topological polar surface area (TPSA) is 67.1 Å². The van der Waals surface area contributed by atoms with Crippen molar-refractivity contribution < 1.29 is 4.39 Å². The summed E-state index contributed by atoms with van der Waals surface area (Å²) < 4.78 is 15.1. The van der Waals surface area contributed by atoms with E-state index in [0.29, 0.717) is 24.1 Å². The van der Waals surface area contributed by atoms with E-state index in [2.05, 4.69) is 25.7 Å². The highest BCUT2D eigenvalue weighted by Crippen LogP contribution is 2.29. The molecule has 0 bridgehead atoms. The predicted octanol–water partition coefficient (Wildman–Crippen LogP) is 4.32. The second-order valence-corrected chi connectivity index (χ2v) is 7.67. The van der Waals surface area contributed by atoms with Crippen molar-refractivity contribution >= 4 is 41.5 Å². The van der Waals surface area contributed by atoms with Crippen LogP contribution in [-0.2, 0) is 12.0 Å². The van der Waals surface area contributed by atoms with E-state index in [-0.39, 0.29) is 35.2 Å². The number of nitrogens with one attached hydrogen (secondary N) is 2. The molecule has 3 aromatic rings. The molecule has 160 valence electrons. The quantitative estimate of drug-likeness (QED) is 0.277. The monoisotopic (exact) mass is 542 g/mol. The first-order valence-electron chi connectivity index (χ1n) is 9.24. The van der Waals surface area contributed by atoms with Crippen LogP contribution in [0, 0.1) is 5.82 Å². The zero-order chi connectivity index (χ0) is 20.9. The van der Waals surface area contributed by atoms with Crippen LogP contribution in [0.15, 0.2) is 60.0 Å². The fraction of sp³-hybridized carbons (Fsp3) is 0.286. The van der Waals surface area contributed by atoms with Gasteiger partial charge in [-0.2, -0.15) is 5.10 Å². The summed E-state index contributed by atoms with van der Waals surface area (Å²) in [5.41, 5.74) is 1.61. The van der Waals surface area contributed by atoms with Crippen molar-refractivity contribution in [2.45, 2.75) is 25.8 Å². The number of rotatable bonds is 6. The largest absolute Gasteiger partial charge is 0.356 e. The standard InChI is InChI=1S/C21H24ClFN6.HI/c1-21(2,17-6-5-16(23)12-18(17)22)14-27-20(24-3)26-13-15-7-9-25-19(11-15)29-10-4-8-28-29;/h4-12H,13-14H2,1-3H3,(H2,24,26,27);1H. The number of nitrogens with zero attached hydrogens (tertiary/aromatic N) is 4. The minimum Gasteiger partial charge on any atom is -0.356 e. The van der Waals surface area contributed by atoms with Crippen LogP contribution in [0.1, 0.15) is 25.0 Å². The first-order valence-corrected chi connectivity index (χ1v) is 9.62. The zero-order valence-corrected chi connectivity index (χ0v) is 20.1. The Kier molecular flexibility index (Phi) is 8.60. The Morgan fingerprint density at radius 1 is 1.20 bits per heavy atom. The summed E-state index contributed by atoms with van der Waals surface area (Å²) >= 11 is 6.23. The first-order chi connectivity index (χ1) is 13.9. The van der Waals surface area contributed by atoms with Gasteiger partial charge in [-0.3, -0.25) is 4.99 Å². The van der Waals surface area contributed by atoms with Gasteiger partial charge in [-0.05, 0) is 41.5 Å². The Balaban J connectivity index is 0.00000320. The van der Waals surface area contributed by atoms with Crippen LogP contribution in [0.5, 0.6) is 0 Å². The van der Waals surface area contributed by atoms with Crippen molar-refractivity contribution in [3.05, 3.63) is 77.0 Å². The molecule has 0 spiro atoms. The molecule has 0 atom stereocenters. The molecule has 0 saturated carbocycles. The van der Waals surface area contributed by atoms with Gasteiger partial charge >= 0.3 is 0 Å². The van der Waals surface area contributed by atoms with Gasteiger partial charge in [0.05, 0.1) is 0 Å². The van der Waals surface area contributed by atoms with Crippen molar-refractivity contribution in [2.75, 3.05) is 13.6 Å². The second-order valence-electron chi connectivity index (χ2n) is 7.26. The number of benzene rings is 1. The molecule has 0 amide bonds. The Bertz CT molecular complexity index is 991. The van der Waals surface area contributed by atoms with Crippen molar-refractivity contribution in [3.8, 4) is 5.82 Å². The summed E-state index contributed by atoms with van der Waals surface area (Å²) in [6.07, 6.45) is 5.32. The SMILES string of the molecule is CN=C(NCc1ccnc(-n2cccn2)c1)NCC(C)(C)c1ccc(F)cc1Cl.I. The van der Waals surface area contributed by atoms with Crippen molar-refractivity contribution in [1.82, 2.24) is 25.4 Å². The normalized spacial score (nSPS) is 11.7. The highest BCUT2D eigenvalue weighted by molar-refractivity contribution is 14.0. The summed E-state index contributed by atoms with van der Waals surface area (Å²) in [5, 5.41) is 11.2. The van der Waals surface area contributed by atoms with E-state index in [0.717, 1.165) is 16.9 Å². The summed E-state index contributed by atoms with van der Waals surface area (Å²) in [7, 11) is 1.72. The van der Waals surface area contributed by atoms with Crippen molar-refractivity contribution in [2.24, 2.45) is 4.99 Å². The molecule has 2 heterocycles. The third-order valence-electron chi connectivity index (χ3n) is 4.59. The molecular weight excluding hydrogens is 518 g/mol. The molecule has 3 rings (SSSR count). The lowest BCUT2D eigenvalue weighted by molar-refractivity contribution is 0.507. The van der Waals surface area contributed by atoms with Gasteiger partial charge in [0.1, 0.15) is 5.82 Å². The lowest BCUT2D eigenvalue weighted by Crippen LogP contribution is -2.43. The Morgan fingerprint density at radius 2 is 2.00 bits per heavy atom. The van der Waals surface area contributed by atoms with E-state index in [4.69, 9.17) is 11.6 Å². The highest BCUT2D eigenvalue weighted by atomic mass is 127. The second kappa shape index (κ2) is 10.7. The van der Waals surface area contributed by atoms with E-state index in [1.54, 1.807) is 30.2 Å². The van der Waals surface area contributed by atoms with Gasteiger partial charge in [-0.25, -0.2) is 14.1 Å². The number of aromatic nitrogens is 3. The smallest absolute Gasteiger partial charge is 0.191 e. The molecule has 2 aromatic heterocycles. The van der Waals surface area contributed by atoms with E-state index in [1.165, 1.54) is 12.1 Å². The zero-order valence-electron chi connectivity index (χ0n) is 17.1. The molecule has 9 heteroatoms. The minimum atomic E-state index is -0.341. The van der Waals surface area contributed by atoms with Crippen LogP contribution in [0.4, 0.5) is 4.39 Å². The maximum atomic E-state index is 13.3. The van der Waals surface area contributed by atoms with E-state index >= 15 is 0 Å². The van der Waals surface area contributed by atoms with Crippen LogP contribution in [-0.4, -0.2) is 34.3 Å². The average molecular weight is 543 g/mol. The van der Waals surface area contributed by atoms with E-state index < -0.39 is 0 Å². The summed E-state index contributed by atoms with van der Waals surface area (Å²) in [6, 6.07) is 10.3. The highest BCUT2D eigenvalue weighted by Gasteiger charge is 2.24. The molecule has 0 aliphatic heterocycles. The van der Waals surface area contributed by atoms with Gasteiger partial charge in [0, 0.05) is 49.2 Å². The maximum Gasteiger partial charge on any atom is 0.191 e. The number of aliphatic imine (C=N–C) groups is 1. The first kappa shape index (κ1) is 24.1. The molecule has 1 aromatic carbocycles. The fourth-order valence-electron chi connectivity index (χ4n) is 2.94. The minimum absolute atomic E-state index is 0. The van der Waals surface area contributed by atoms with E-state index in [1.807, 2.05) is 38.2 Å². The molecule has 0 aliphatic carbocycles. The lowest BCUT2D eigenvalue weighted by Gasteiger charge is -2.27. The van der Waals surface area contributed by atoms with Gasteiger partial charge in [0.2, 0.25) is 0 Å². The molecule has 0 unspecified atom stereocenters. The van der Waals surface area contributed by atoms with Gasteiger partial charge in [0.25, 0.3) is 0 Å². The predicted molar refractivity (Wildman–Crippen MR) is 129 cm³/mol. The molecule has 0 fully saturated rings. The molecule has 0 saturated heterocycles. The van der Waals surface area contributed by atoms with Gasteiger partial charge in [-0.15, -0.1) is 24.0 Å². The van der Waals surface area contributed by atoms with Gasteiger partial charge < -0.3 is 10.6 Å². The molecule has 0 aliphatic rings. The summed E-state index contributed by atoms with van der Waals surface area (Å²) in [4.78, 5) is 8.61.